The second kappa shape index (κ2) is 5.84. The molecule has 0 radical (unpaired) electrons. The molecule has 1 aromatic heterocycles. The number of nitrogens with one attached hydrogen (secondary N) is 1. The van der Waals surface area contributed by atoms with Crippen molar-refractivity contribution in [3.63, 3.8) is 0 Å². The first kappa shape index (κ1) is 12.1. The average molecular weight is 302 g/mol. The van der Waals surface area contributed by atoms with E-state index in [9.17, 15) is 0 Å². The van der Waals surface area contributed by atoms with Crippen LogP contribution in [0.2, 0.25) is 0 Å². The molecule has 0 spiro atoms. The van der Waals surface area contributed by atoms with Gasteiger partial charge in [0.2, 0.25) is 0 Å². The molecule has 2 rings (SSSR count). The van der Waals surface area contributed by atoms with Crippen LogP contribution in [0, 0.1) is 0 Å². The van der Waals surface area contributed by atoms with Crippen molar-refractivity contribution in [3.05, 3.63) is 32.6 Å². The van der Waals surface area contributed by atoms with E-state index in [0.717, 1.165) is 31.8 Å². The van der Waals surface area contributed by atoms with Gasteiger partial charge < -0.3 is 10.1 Å². The molecule has 0 saturated heterocycles. The van der Waals surface area contributed by atoms with Crippen LogP contribution in [-0.4, -0.2) is 13.2 Å². The number of hydrogen-bond donors (Lipinski definition) is 1. The van der Waals surface area contributed by atoms with Gasteiger partial charge in [-0.05, 0) is 52.8 Å². The lowest BCUT2D eigenvalue weighted by Crippen LogP contribution is -2.24. The molecule has 1 N–H and O–H groups in total. The highest BCUT2D eigenvalue weighted by molar-refractivity contribution is 9.10. The van der Waals surface area contributed by atoms with Gasteiger partial charge in [-0.25, -0.2) is 0 Å². The summed E-state index contributed by atoms with van der Waals surface area (Å²) in [6, 6.07) is 2.30. The molecular weight excluding hydrogens is 286 g/mol. The van der Waals surface area contributed by atoms with E-state index in [1.165, 1.54) is 9.35 Å². The maximum Gasteiger partial charge on any atom is 0.114 e. The summed E-state index contributed by atoms with van der Waals surface area (Å²) in [7, 11) is 0. The third-order valence-electron chi connectivity index (χ3n) is 2.56. The Kier molecular flexibility index (Phi) is 4.44. The standard InChI is InChI=1S/C12H16BrNOS/c1-2-14-11(10-5-3-4-7-15-10)12-9(13)6-8-16-12/h5-6,8,11,14H,2-4,7H2,1H3. The highest BCUT2D eigenvalue weighted by atomic mass is 79.9. The number of hydrogen-bond acceptors (Lipinski definition) is 3. The molecule has 0 saturated carbocycles. The average Bonchev–Trinajstić information content (AvgIpc) is 2.73. The van der Waals surface area contributed by atoms with Crippen LogP contribution in [0.1, 0.15) is 30.7 Å². The fraction of sp³-hybridized carbons (Fsp3) is 0.500. The summed E-state index contributed by atoms with van der Waals surface area (Å²) < 4.78 is 6.92. The van der Waals surface area contributed by atoms with Gasteiger partial charge in [0, 0.05) is 9.35 Å². The second-order valence-electron chi connectivity index (χ2n) is 3.72. The first-order chi connectivity index (χ1) is 7.83. The van der Waals surface area contributed by atoms with Crippen molar-refractivity contribution in [1.29, 1.82) is 0 Å². The minimum Gasteiger partial charge on any atom is -0.496 e. The van der Waals surface area contributed by atoms with Gasteiger partial charge in [0.15, 0.2) is 0 Å². The molecular formula is C12H16BrNOS. The number of likely N-dealkylation sites (N-methyl/N-ethyl adjacent to an activating group) is 1. The third-order valence-corrected chi connectivity index (χ3v) is 4.50. The smallest absolute Gasteiger partial charge is 0.114 e. The Morgan fingerprint density at radius 1 is 1.62 bits per heavy atom. The Morgan fingerprint density at radius 3 is 3.06 bits per heavy atom. The highest BCUT2D eigenvalue weighted by Gasteiger charge is 2.22. The molecule has 1 unspecified atom stereocenters. The molecule has 0 aromatic carbocycles. The number of ether oxygens (including phenoxy) is 1. The van der Waals surface area contributed by atoms with Crippen LogP contribution < -0.4 is 5.32 Å². The molecule has 1 aromatic rings. The van der Waals surface area contributed by atoms with Gasteiger partial charge in [-0.1, -0.05) is 6.92 Å². The van der Waals surface area contributed by atoms with Crippen molar-refractivity contribution < 1.29 is 4.74 Å². The summed E-state index contributed by atoms with van der Waals surface area (Å²) >= 11 is 5.35. The zero-order valence-electron chi connectivity index (χ0n) is 9.33. The number of halogens is 1. The zero-order valence-corrected chi connectivity index (χ0v) is 11.7. The number of rotatable bonds is 4. The Bertz CT molecular complexity index is 375. The summed E-state index contributed by atoms with van der Waals surface area (Å²) in [5.74, 6) is 1.08. The van der Waals surface area contributed by atoms with Gasteiger partial charge >= 0.3 is 0 Å². The molecule has 1 atom stereocenters. The molecule has 1 aliphatic rings. The lowest BCUT2D eigenvalue weighted by Gasteiger charge is -2.24. The SMILES string of the molecule is CCNC(C1=CCCCO1)c1sccc1Br. The van der Waals surface area contributed by atoms with Crippen molar-refractivity contribution in [1.82, 2.24) is 5.32 Å². The molecule has 0 fully saturated rings. The highest BCUT2D eigenvalue weighted by Crippen LogP contribution is 2.34. The van der Waals surface area contributed by atoms with E-state index in [1.807, 2.05) is 0 Å². The van der Waals surface area contributed by atoms with E-state index in [4.69, 9.17) is 4.74 Å². The molecule has 0 aliphatic carbocycles. The van der Waals surface area contributed by atoms with E-state index in [-0.39, 0.29) is 6.04 Å². The van der Waals surface area contributed by atoms with Crippen molar-refractivity contribution >= 4 is 27.3 Å². The van der Waals surface area contributed by atoms with Crippen LogP contribution in [-0.2, 0) is 4.74 Å². The van der Waals surface area contributed by atoms with Gasteiger partial charge in [-0.15, -0.1) is 11.3 Å². The molecule has 4 heteroatoms. The Labute approximate surface area is 109 Å². The Hall–Kier alpha value is -0.320. The topological polar surface area (TPSA) is 21.3 Å². The van der Waals surface area contributed by atoms with Crippen LogP contribution in [0.4, 0.5) is 0 Å². The predicted molar refractivity (Wildman–Crippen MR) is 71.7 cm³/mol. The quantitative estimate of drug-likeness (QED) is 0.912. The lowest BCUT2D eigenvalue weighted by molar-refractivity contribution is 0.168. The minimum absolute atomic E-state index is 0.208. The fourth-order valence-electron chi connectivity index (χ4n) is 1.82. The van der Waals surface area contributed by atoms with Crippen molar-refractivity contribution in [2.75, 3.05) is 13.2 Å². The molecule has 1 aliphatic heterocycles. The van der Waals surface area contributed by atoms with Gasteiger partial charge in [0.1, 0.15) is 11.8 Å². The number of allylic oxidation sites excluding steroid dienone is 1. The maximum atomic E-state index is 5.76. The third kappa shape index (κ3) is 2.67. The van der Waals surface area contributed by atoms with Crippen LogP contribution >= 0.6 is 27.3 Å². The number of thiophene rings is 1. The normalized spacial score (nSPS) is 17.8. The van der Waals surface area contributed by atoms with Gasteiger partial charge in [-0.3, -0.25) is 0 Å². The minimum atomic E-state index is 0.208. The van der Waals surface area contributed by atoms with E-state index in [0.29, 0.717) is 0 Å². The molecule has 88 valence electrons. The summed E-state index contributed by atoms with van der Waals surface area (Å²) in [5.41, 5.74) is 0. The maximum absolute atomic E-state index is 5.76. The molecule has 2 heterocycles. The van der Waals surface area contributed by atoms with E-state index in [1.54, 1.807) is 11.3 Å². The van der Waals surface area contributed by atoms with Gasteiger partial charge in [0.05, 0.1) is 6.61 Å². The van der Waals surface area contributed by atoms with Crippen molar-refractivity contribution in [3.8, 4) is 0 Å². The largest absolute Gasteiger partial charge is 0.496 e. The monoisotopic (exact) mass is 301 g/mol. The predicted octanol–water partition coefficient (Wildman–Crippen LogP) is 3.86. The first-order valence-corrected chi connectivity index (χ1v) is 7.29. The van der Waals surface area contributed by atoms with Crippen LogP contribution in [0.25, 0.3) is 0 Å². The molecule has 0 bridgehead atoms. The van der Waals surface area contributed by atoms with E-state index < -0.39 is 0 Å². The lowest BCUT2D eigenvalue weighted by atomic mass is 10.1. The van der Waals surface area contributed by atoms with Gasteiger partial charge in [-0.2, -0.15) is 0 Å². The summed E-state index contributed by atoms with van der Waals surface area (Å²) in [4.78, 5) is 1.30. The Morgan fingerprint density at radius 2 is 2.50 bits per heavy atom. The van der Waals surface area contributed by atoms with Crippen LogP contribution in [0.5, 0.6) is 0 Å². The molecule has 0 amide bonds. The van der Waals surface area contributed by atoms with E-state index >= 15 is 0 Å². The van der Waals surface area contributed by atoms with Crippen LogP contribution in [0.15, 0.2) is 27.8 Å². The summed E-state index contributed by atoms with van der Waals surface area (Å²) in [6.45, 7) is 3.91. The molecule has 2 nitrogen and oxygen atoms in total. The Balaban J connectivity index is 2.23. The van der Waals surface area contributed by atoms with Crippen molar-refractivity contribution in [2.24, 2.45) is 0 Å². The van der Waals surface area contributed by atoms with Crippen molar-refractivity contribution in [2.45, 2.75) is 25.8 Å². The van der Waals surface area contributed by atoms with E-state index in [2.05, 4.69) is 45.7 Å². The summed E-state index contributed by atoms with van der Waals surface area (Å²) in [5, 5.41) is 5.59. The fourth-order valence-corrected chi connectivity index (χ4v) is 3.50. The first-order valence-electron chi connectivity index (χ1n) is 5.62. The van der Waals surface area contributed by atoms with Gasteiger partial charge in [0.25, 0.3) is 0 Å². The second-order valence-corrected chi connectivity index (χ2v) is 5.52. The zero-order chi connectivity index (χ0) is 11.4. The molecule has 16 heavy (non-hydrogen) atoms. The van der Waals surface area contributed by atoms with Crippen LogP contribution in [0.3, 0.4) is 0 Å². The summed E-state index contributed by atoms with van der Waals surface area (Å²) in [6.07, 6.45) is 4.47.